The molecule has 0 saturated heterocycles. The normalized spacial score (nSPS) is 12.2. The van der Waals surface area contributed by atoms with Crippen molar-refractivity contribution in [1.82, 2.24) is 4.98 Å². The topological polar surface area (TPSA) is 59.3 Å². The van der Waals surface area contributed by atoms with Crippen molar-refractivity contribution < 1.29 is 4.92 Å². The zero-order chi connectivity index (χ0) is 13.0. The molecule has 0 amide bonds. The highest BCUT2D eigenvalue weighted by atomic mass is 35.5. The van der Waals surface area contributed by atoms with Gasteiger partial charge < -0.3 is 4.90 Å². The summed E-state index contributed by atoms with van der Waals surface area (Å²) in [7, 11) is 0. The molecule has 1 unspecified atom stereocenters. The second-order valence-corrected chi connectivity index (χ2v) is 4.16. The van der Waals surface area contributed by atoms with E-state index in [0.717, 1.165) is 6.42 Å². The maximum Gasteiger partial charge on any atom is 0.311 e. The maximum absolute atomic E-state index is 11.0. The fourth-order valence-electron chi connectivity index (χ4n) is 1.66. The summed E-state index contributed by atoms with van der Waals surface area (Å²) in [6.07, 6.45) is 0.888. The van der Waals surface area contributed by atoms with Crippen molar-refractivity contribution in [2.45, 2.75) is 33.2 Å². The summed E-state index contributed by atoms with van der Waals surface area (Å²) in [6.45, 7) is 6.64. The van der Waals surface area contributed by atoms with Crippen LogP contribution >= 0.6 is 11.6 Å². The maximum atomic E-state index is 11.0. The molecule has 0 N–H and O–H groups in total. The molecule has 5 nitrogen and oxygen atoms in total. The highest BCUT2D eigenvalue weighted by molar-refractivity contribution is 6.29. The molecule has 94 valence electrons. The van der Waals surface area contributed by atoms with Gasteiger partial charge in [0.25, 0.3) is 0 Å². The molecule has 6 heteroatoms. The van der Waals surface area contributed by atoms with E-state index in [0.29, 0.717) is 12.4 Å². The molecule has 0 aliphatic carbocycles. The lowest BCUT2D eigenvalue weighted by molar-refractivity contribution is -0.384. The van der Waals surface area contributed by atoms with E-state index in [1.165, 1.54) is 12.1 Å². The second-order valence-electron chi connectivity index (χ2n) is 3.78. The number of halogens is 1. The SMILES string of the molecule is CCC(C)N(CC)c1nc(Cl)ccc1[N+](=O)[O-]. The molecule has 1 aromatic rings. The van der Waals surface area contributed by atoms with Gasteiger partial charge in [-0.05, 0) is 26.3 Å². The minimum Gasteiger partial charge on any atom is -0.348 e. The number of nitro groups is 1. The van der Waals surface area contributed by atoms with E-state index >= 15 is 0 Å². The Hall–Kier alpha value is -1.36. The van der Waals surface area contributed by atoms with Gasteiger partial charge in [0, 0.05) is 18.7 Å². The van der Waals surface area contributed by atoms with Gasteiger partial charge in [0.05, 0.1) is 4.92 Å². The Balaban J connectivity index is 3.25. The van der Waals surface area contributed by atoms with Gasteiger partial charge in [-0.15, -0.1) is 0 Å². The lowest BCUT2D eigenvalue weighted by atomic mass is 10.2. The van der Waals surface area contributed by atoms with Crippen LogP contribution in [0.25, 0.3) is 0 Å². The molecule has 0 aliphatic rings. The van der Waals surface area contributed by atoms with Crippen molar-refractivity contribution in [2.24, 2.45) is 0 Å². The van der Waals surface area contributed by atoms with Crippen molar-refractivity contribution in [3.05, 3.63) is 27.4 Å². The van der Waals surface area contributed by atoms with Gasteiger partial charge in [0.15, 0.2) is 0 Å². The number of nitrogens with zero attached hydrogens (tertiary/aromatic N) is 3. The van der Waals surface area contributed by atoms with E-state index in [4.69, 9.17) is 11.6 Å². The number of aromatic nitrogens is 1. The largest absolute Gasteiger partial charge is 0.348 e. The van der Waals surface area contributed by atoms with Crippen molar-refractivity contribution >= 4 is 23.1 Å². The minimum atomic E-state index is -0.427. The second kappa shape index (κ2) is 5.82. The molecule has 17 heavy (non-hydrogen) atoms. The number of pyridine rings is 1. The van der Waals surface area contributed by atoms with Gasteiger partial charge in [-0.25, -0.2) is 4.98 Å². The highest BCUT2D eigenvalue weighted by Gasteiger charge is 2.23. The van der Waals surface area contributed by atoms with Gasteiger partial charge in [-0.2, -0.15) is 0 Å². The van der Waals surface area contributed by atoms with Gasteiger partial charge in [0.1, 0.15) is 5.15 Å². The molecular formula is C11H16ClN3O2. The summed E-state index contributed by atoms with van der Waals surface area (Å²) in [5.74, 6) is 0.347. The quantitative estimate of drug-likeness (QED) is 0.461. The van der Waals surface area contributed by atoms with Crippen LogP contribution in [0.1, 0.15) is 27.2 Å². The van der Waals surface area contributed by atoms with E-state index < -0.39 is 4.92 Å². The number of rotatable bonds is 5. The third-order valence-electron chi connectivity index (χ3n) is 2.75. The molecular weight excluding hydrogens is 242 g/mol. The van der Waals surface area contributed by atoms with Crippen LogP contribution in [0.3, 0.4) is 0 Å². The summed E-state index contributed by atoms with van der Waals surface area (Å²) in [6, 6.07) is 3.02. The molecule has 0 radical (unpaired) electrons. The zero-order valence-corrected chi connectivity index (χ0v) is 10.9. The predicted octanol–water partition coefficient (Wildman–Crippen LogP) is 3.27. The van der Waals surface area contributed by atoms with Gasteiger partial charge in [-0.3, -0.25) is 10.1 Å². The van der Waals surface area contributed by atoms with E-state index in [-0.39, 0.29) is 16.9 Å². The molecule has 0 bridgehead atoms. The Morgan fingerprint density at radius 2 is 2.18 bits per heavy atom. The first kappa shape index (κ1) is 13.7. The molecule has 0 aromatic carbocycles. The monoisotopic (exact) mass is 257 g/mol. The fraction of sp³-hybridized carbons (Fsp3) is 0.545. The van der Waals surface area contributed by atoms with Crippen molar-refractivity contribution in [3.63, 3.8) is 0 Å². The van der Waals surface area contributed by atoms with Crippen LogP contribution in [0.5, 0.6) is 0 Å². The third-order valence-corrected chi connectivity index (χ3v) is 2.96. The first-order valence-corrected chi connectivity index (χ1v) is 5.96. The summed E-state index contributed by atoms with van der Waals surface area (Å²) in [5, 5.41) is 11.2. The van der Waals surface area contributed by atoms with Crippen LogP contribution in [0.4, 0.5) is 11.5 Å². The average Bonchev–Trinajstić information content (AvgIpc) is 2.29. The molecule has 1 atom stereocenters. The van der Waals surface area contributed by atoms with Crippen LogP contribution in [-0.4, -0.2) is 22.5 Å². The van der Waals surface area contributed by atoms with Crippen LogP contribution in [0.15, 0.2) is 12.1 Å². The van der Waals surface area contributed by atoms with Crippen molar-refractivity contribution in [3.8, 4) is 0 Å². The lowest BCUT2D eigenvalue weighted by Gasteiger charge is -2.27. The van der Waals surface area contributed by atoms with Crippen LogP contribution in [0, 0.1) is 10.1 Å². The fourth-order valence-corrected chi connectivity index (χ4v) is 1.81. The number of anilines is 1. The standard InChI is InChI=1S/C11H16ClN3O2/c1-4-8(3)14(5-2)11-9(15(16)17)6-7-10(12)13-11/h6-8H,4-5H2,1-3H3. The smallest absolute Gasteiger partial charge is 0.311 e. The van der Waals surface area contributed by atoms with Crippen LogP contribution in [-0.2, 0) is 0 Å². The summed E-state index contributed by atoms with van der Waals surface area (Å²) >= 11 is 5.81. The Morgan fingerprint density at radius 1 is 1.53 bits per heavy atom. The molecule has 0 spiro atoms. The molecule has 0 aliphatic heterocycles. The lowest BCUT2D eigenvalue weighted by Crippen LogP contribution is -2.33. The summed E-state index contributed by atoms with van der Waals surface area (Å²) in [4.78, 5) is 16.5. The summed E-state index contributed by atoms with van der Waals surface area (Å²) in [5.41, 5.74) is -0.00319. The predicted molar refractivity (Wildman–Crippen MR) is 68.7 cm³/mol. The molecule has 1 rings (SSSR count). The first-order valence-electron chi connectivity index (χ1n) is 5.58. The minimum absolute atomic E-state index is 0.00319. The van der Waals surface area contributed by atoms with Crippen molar-refractivity contribution in [2.75, 3.05) is 11.4 Å². The van der Waals surface area contributed by atoms with E-state index in [1.54, 1.807) is 0 Å². The average molecular weight is 258 g/mol. The Bertz CT molecular complexity index is 412. The molecule has 1 aromatic heterocycles. The Labute approximate surface area is 106 Å². The summed E-state index contributed by atoms with van der Waals surface area (Å²) < 4.78 is 0. The number of hydrogen-bond acceptors (Lipinski definition) is 4. The van der Waals surface area contributed by atoms with Crippen LogP contribution in [0.2, 0.25) is 5.15 Å². The van der Waals surface area contributed by atoms with Crippen molar-refractivity contribution in [1.29, 1.82) is 0 Å². The zero-order valence-electron chi connectivity index (χ0n) is 10.2. The molecule has 1 heterocycles. The van der Waals surface area contributed by atoms with E-state index in [1.807, 2.05) is 25.7 Å². The first-order chi connectivity index (χ1) is 8.01. The Morgan fingerprint density at radius 3 is 2.65 bits per heavy atom. The molecule has 0 saturated carbocycles. The van der Waals surface area contributed by atoms with Gasteiger partial charge >= 0.3 is 5.69 Å². The van der Waals surface area contributed by atoms with Gasteiger partial charge in [-0.1, -0.05) is 18.5 Å². The Kier molecular flexibility index (Phi) is 4.69. The van der Waals surface area contributed by atoms with Crippen LogP contribution < -0.4 is 4.90 Å². The molecule has 0 fully saturated rings. The van der Waals surface area contributed by atoms with Gasteiger partial charge in [0.2, 0.25) is 5.82 Å². The van der Waals surface area contributed by atoms with E-state index in [2.05, 4.69) is 4.98 Å². The highest BCUT2D eigenvalue weighted by Crippen LogP contribution is 2.29. The third kappa shape index (κ3) is 3.06. The number of hydrogen-bond donors (Lipinski definition) is 0. The van der Waals surface area contributed by atoms with E-state index in [9.17, 15) is 10.1 Å².